The molecule has 1 heterocycles. The molecule has 0 aliphatic carbocycles. The zero-order valence-electron chi connectivity index (χ0n) is 13.0. The van der Waals surface area contributed by atoms with Crippen molar-refractivity contribution in [3.63, 3.8) is 0 Å². The first-order valence-electron chi connectivity index (χ1n) is 7.15. The Labute approximate surface area is 131 Å². The molecule has 1 aromatic carbocycles. The van der Waals surface area contributed by atoms with Crippen molar-refractivity contribution in [2.45, 2.75) is 42.6 Å². The lowest BCUT2D eigenvalue weighted by Gasteiger charge is -2.36. The van der Waals surface area contributed by atoms with Crippen LogP contribution in [0.25, 0.3) is 0 Å². The molecular weight excluding hydrogens is 286 g/mol. The summed E-state index contributed by atoms with van der Waals surface area (Å²) >= 11 is 4.23. The van der Waals surface area contributed by atoms with Gasteiger partial charge in [-0.1, -0.05) is 19.9 Å². The lowest BCUT2D eigenvalue weighted by molar-refractivity contribution is 0.414. The minimum absolute atomic E-state index is 0.411. The molecule has 0 amide bonds. The minimum atomic E-state index is 0.411. The van der Waals surface area contributed by atoms with Crippen LogP contribution in [-0.2, 0) is 0 Å². The van der Waals surface area contributed by atoms with Gasteiger partial charge in [0.1, 0.15) is 5.75 Å². The number of hydrogen-bond donors (Lipinski definition) is 1. The Balaban J connectivity index is 2.20. The summed E-state index contributed by atoms with van der Waals surface area (Å²) in [5.41, 5.74) is 2.70. The van der Waals surface area contributed by atoms with Crippen LogP contribution < -0.4 is 10.1 Å². The van der Waals surface area contributed by atoms with Gasteiger partial charge >= 0.3 is 0 Å². The van der Waals surface area contributed by atoms with Gasteiger partial charge in [0.2, 0.25) is 0 Å². The molecule has 0 saturated carbocycles. The van der Waals surface area contributed by atoms with E-state index < -0.39 is 0 Å². The van der Waals surface area contributed by atoms with Gasteiger partial charge in [-0.3, -0.25) is 0 Å². The smallest absolute Gasteiger partial charge is 0.119 e. The van der Waals surface area contributed by atoms with Crippen LogP contribution in [0.15, 0.2) is 18.2 Å². The van der Waals surface area contributed by atoms with Crippen molar-refractivity contribution in [3.8, 4) is 5.75 Å². The third-order valence-electron chi connectivity index (χ3n) is 4.07. The summed E-state index contributed by atoms with van der Waals surface area (Å²) in [6.07, 6.45) is 0. The number of hydrogen-bond acceptors (Lipinski definition) is 4. The van der Waals surface area contributed by atoms with E-state index in [0.717, 1.165) is 11.0 Å². The van der Waals surface area contributed by atoms with E-state index in [0.29, 0.717) is 16.5 Å². The Bertz CT molecular complexity index is 452. The van der Waals surface area contributed by atoms with Crippen LogP contribution in [0, 0.1) is 6.92 Å². The second-order valence-corrected chi connectivity index (χ2v) is 8.44. The predicted molar refractivity (Wildman–Crippen MR) is 92.3 cm³/mol. The van der Waals surface area contributed by atoms with E-state index in [9.17, 15) is 0 Å². The molecule has 4 atom stereocenters. The molecule has 112 valence electrons. The number of thioether (sulfide) groups is 2. The summed E-state index contributed by atoms with van der Waals surface area (Å²) < 4.78 is 5.31. The average Bonchev–Trinajstić information content (AvgIpc) is 2.45. The molecule has 1 aliphatic heterocycles. The highest BCUT2D eigenvalue weighted by atomic mass is 32.2. The van der Waals surface area contributed by atoms with Crippen LogP contribution in [0.1, 0.15) is 31.0 Å². The molecule has 4 heteroatoms. The van der Waals surface area contributed by atoms with Gasteiger partial charge < -0.3 is 10.1 Å². The SMILES string of the molecule is CNC(c1ccc(OC)cc1C)C1CSC(C)C(C)S1. The van der Waals surface area contributed by atoms with E-state index in [2.05, 4.69) is 74.9 Å². The molecule has 4 unspecified atom stereocenters. The summed E-state index contributed by atoms with van der Waals surface area (Å²) in [7, 11) is 3.79. The molecule has 1 saturated heterocycles. The molecule has 1 fully saturated rings. The lowest BCUT2D eigenvalue weighted by atomic mass is 9.99. The summed E-state index contributed by atoms with van der Waals surface area (Å²) in [6, 6.07) is 6.82. The molecule has 2 rings (SSSR count). The van der Waals surface area contributed by atoms with Gasteiger partial charge in [0.25, 0.3) is 0 Å². The quantitative estimate of drug-likeness (QED) is 0.910. The predicted octanol–water partition coefficient (Wildman–Crippen LogP) is 3.89. The number of aryl methyl sites for hydroxylation is 1. The van der Waals surface area contributed by atoms with Crippen molar-refractivity contribution < 1.29 is 4.74 Å². The van der Waals surface area contributed by atoms with Gasteiger partial charge in [0.15, 0.2) is 0 Å². The van der Waals surface area contributed by atoms with Gasteiger partial charge in [-0.15, -0.1) is 0 Å². The van der Waals surface area contributed by atoms with E-state index in [1.807, 2.05) is 0 Å². The maximum atomic E-state index is 5.31. The fourth-order valence-corrected chi connectivity index (χ4v) is 5.80. The highest BCUT2D eigenvalue weighted by Gasteiger charge is 2.31. The van der Waals surface area contributed by atoms with E-state index in [4.69, 9.17) is 4.74 Å². The monoisotopic (exact) mass is 311 g/mol. The van der Waals surface area contributed by atoms with Crippen molar-refractivity contribution >= 4 is 23.5 Å². The average molecular weight is 312 g/mol. The van der Waals surface area contributed by atoms with Gasteiger partial charge in [-0.25, -0.2) is 0 Å². The Hall–Kier alpha value is -0.320. The van der Waals surface area contributed by atoms with E-state index in [-0.39, 0.29) is 0 Å². The Morgan fingerprint density at radius 2 is 2.05 bits per heavy atom. The highest BCUT2D eigenvalue weighted by molar-refractivity contribution is 8.07. The summed E-state index contributed by atoms with van der Waals surface area (Å²) in [5, 5.41) is 5.63. The van der Waals surface area contributed by atoms with E-state index >= 15 is 0 Å². The third-order valence-corrected chi connectivity index (χ3v) is 7.56. The summed E-state index contributed by atoms with van der Waals surface area (Å²) in [4.78, 5) is 0. The molecule has 1 N–H and O–H groups in total. The van der Waals surface area contributed by atoms with Gasteiger partial charge in [-0.2, -0.15) is 23.5 Å². The zero-order valence-corrected chi connectivity index (χ0v) is 14.6. The molecule has 0 aromatic heterocycles. The van der Waals surface area contributed by atoms with Crippen LogP contribution in [0.5, 0.6) is 5.75 Å². The van der Waals surface area contributed by atoms with Crippen molar-refractivity contribution in [2.75, 3.05) is 19.9 Å². The molecule has 0 bridgehead atoms. The van der Waals surface area contributed by atoms with E-state index in [1.165, 1.54) is 16.9 Å². The van der Waals surface area contributed by atoms with Gasteiger partial charge in [-0.05, 0) is 37.2 Å². The number of benzene rings is 1. The van der Waals surface area contributed by atoms with Crippen molar-refractivity contribution in [2.24, 2.45) is 0 Å². The molecule has 1 aromatic rings. The summed E-state index contributed by atoms with van der Waals surface area (Å²) in [5.74, 6) is 2.15. The first-order valence-corrected chi connectivity index (χ1v) is 9.14. The Morgan fingerprint density at radius 1 is 1.30 bits per heavy atom. The molecule has 20 heavy (non-hydrogen) atoms. The molecule has 2 nitrogen and oxygen atoms in total. The first-order chi connectivity index (χ1) is 9.56. The number of ether oxygens (including phenoxy) is 1. The maximum Gasteiger partial charge on any atom is 0.119 e. The second-order valence-electron chi connectivity index (χ2n) is 5.41. The van der Waals surface area contributed by atoms with Crippen LogP contribution >= 0.6 is 23.5 Å². The van der Waals surface area contributed by atoms with Crippen LogP contribution in [0.4, 0.5) is 0 Å². The lowest BCUT2D eigenvalue weighted by Crippen LogP contribution is -2.36. The van der Waals surface area contributed by atoms with Crippen molar-refractivity contribution in [3.05, 3.63) is 29.3 Å². The molecule has 0 radical (unpaired) electrons. The molecule has 0 spiro atoms. The number of nitrogens with one attached hydrogen (secondary N) is 1. The second kappa shape index (κ2) is 7.10. The van der Waals surface area contributed by atoms with E-state index in [1.54, 1.807) is 7.11 Å². The Morgan fingerprint density at radius 3 is 2.60 bits per heavy atom. The van der Waals surface area contributed by atoms with Crippen LogP contribution in [-0.4, -0.2) is 35.7 Å². The Kier molecular flexibility index (Phi) is 5.70. The van der Waals surface area contributed by atoms with Gasteiger partial charge in [0, 0.05) is 27.5 Å². The maximum absolute atomic E-state index is 5.31. The topological polar surface area (TPSA) is 21.3 Å². The normalized spacial score (nSPS) is 28.1. The highest BCUT2D eigenvalue weighted by Crippen LogP contribution is 2.41. The molecular formula is C16H25NOS2. The third kappa shape index (κ3) is 3.46. The largest absolute Gasteiger partial charge is 0.497 e. The fourth-order valence-electron chi connectivity index (χ4n) is 2.65. The molecule has 1 aliphatic rings. The fraction of sp³-hybridized carbons (Fsp3) is 0.625. The number of rotatable bonds is 4. The van der Waals surface area contributed by atoms with Crippen LogP contribution in [0.3, 0.4) is 0 Å². The van der Waals surface area contributed by atoms with Crippen LogP contribution in [0.2, 0.25) is 0 Å². The summed E-state index contributed by atoms with van der Waals surface area (Å²) in [6.45, 7) is 6.86. The zero-order chi connectivity index (χ0) is 14.7. The first kappa shape index (κ1) is 16.1. The number of methoxy groups -OCH3 is 1. The standard InChI is InChI=1S/C16H25NOS2/c1-10-8-13(18-5)6-7-14(10)16(17-4)15-9-19-11(2)12(3)20-15/h6-8,11-12,15-17H,9H2,1-5H3. The minimum Gasteiger partial charge on any atom is -0.497 e. The van der Waals surface area contributed by atoms with Crippen molar-refractivity contribution in [1.29, 1.82) is 0 Å². The van der Waals surface area contributed by atoms with Crippen molar-refractivity contribution in [1.82, 2.24) is 5.32 Å². The van der Waals surface area contributed by atoms with Gasteiger partial charge in [0.05, 0.1) is 7.11 Å².